The Morgan fingerprint density at radius 2 is 2.00 bits per heavy atom. The lowest BCUT2D eigenvalue weighted by Crippen LogP contribution is -2.39. The monoisotopic (exact) mass is 290 g/mol. The summed E-state index contributed by atoms with van der Waals surface area (Å²) < 4.78 is 0. The number of likely N-dealkylation sites (tertiary alicyclic amines) is 1. The van der Waals surface area contributed by atoms with Crippen LogP contribution in [0, 0.1) is 5.92 Å². The van der Waals surface area contributed by atoms with E-state index in [1.165, 1.54) is 0 Å². The molecule has 6 heteroatoms. The van der Waals surface area contributed by atoms with Crippen LogP contribution in [0.15, 0.2) is 24.3 Å². The SMILES string of the molecule is NC(=O)CC1CCN(CC(=O)Nc2cccc(N)c2)CC1. The zero-order chi connectivity index (χ0) is 15.2. The van der Waals surface area contributed by atoms with Gasteiger partial charge in [-0.15, -0.1) is 0 Å². The van der Waals surface area contributed by atoms with Gasteiger partial charge in [-0.3, -0.25) is 14.5 Å². The fraction of sp³-hybridized carbons (Fsp3) is 0.467. The number of nitrogens with two attached hydrogens (primary N) is 2. The maximum absolute atomic E-state index is 12.0. The number of nitrogens with one attached hydrogen (secondary N) is 1. The van der Waals surface area contributed by atoms with Gasteiger partial charge in [0.25, 0.3) is 0 Å². The Morgan fingerprint density at radius 3 is 2.62 bits per heavy atom. The maximum atomic E-state index is 12.0. The molecule has 2 amide bonds. The Kier molecular flexibility index (Phi) is 5.16. The number of rotatable bonds is 5. The van der Waals surface area contributed by atoms with Crippen molar-refractivity contribution in [3.8, 4) is 0 Å². The van der Waals surface area contributed by atoms with Crippen molar-refractivity contribution in [2.75, 3.05) is 30.7 Å². The fourth-order valence-electron chi connectivity index (χ4n) is 2.65. The van der Waals surface area contributed by atoms with E-state index >= 15 is 0 Å². The van der Waals surface area contributed by atoms with Crippen LogP contribution >= 0.6 is 0 Å². The van der Waals surface area contributed by atoms with E-state index < -0.39 is 0 Å². The highest BCUT2D eigenvalue weighted by Gasteiger charge is 2.21. The second-order valence-corrected chi connectivity index (χ2v) is 5.56. The van der Waals surface area contributed by atoms with Crippen LogP contribution in [0.3, 0.4) is 0 Å². The molecule has 0 saturated carbocycles. The molecule has 1 aliphatic rings. The molecule has 0 aromatic heterocycles. The molecule has 0 spiro atoms. The molecule has 0 bridgehead atoms. The van der Waals surface area contributed by atoms with Crippen LogP contribution in [0.2, 0.25) is 0 Å². The number of nitrogens with zero attached hydrogens (tertiary/aromatic N) is 1. The fourth-order valence-corrected chi connectivity index (χ4v) is 2.65. The van der Waals surface area contributed by atoms with Gasteiger partial charge in [0, 0.05) is 17.8 Å². The molecule has 1 aromatic carbocycles. The van der Waals surface area contributed by atoms with Crippen LogP contribution in [0.5, 0.6) is 0 Å². The van der Waals surface area contributed by atoms with E-state index in [4.69, 9.17) is 11.5 Å². The van der Waals surface area contributed by atoms with Gasteiger partial charge < -0.3 is 16.8 Å². The van der Waals surface area contributed by atoms with Gasteiger partial charge in [-0.05, 0) is 50.0 Å². The Morgan fingerprint density at radius 1 is 1.29 bits per heavy atom. The zero-order valence-electron chi connectivity index (χ0n) is 12.0. The van der Waals surface area contributed by atoms with E-state index in [1.807, 2.05) is 6.07 Å². The van der Waals surface area contributed by atoms with Crippen molar-refractivity contribution < 1.29 is 9.59 Å². The molecule has 0 atom stereocenters. The molecule has 6 nitrogen and oxygen atoms in total. The van der Waals surface area contributed by atoms with E-state index in [0.717, 1.165) is 25.9 Å². The average Bonchev–Trinajstić information content (AvgIpc) is 2.40. The number of carbonyl (C=O) groups is 2. The van der Waals surface area contributed by atoms with E-state index in [1.54, 1.807) is 18.2 Å². The van der Waals surface area contributed by atoms with Gasteiger partial charge in [-0.25, -0.2) is 0 Å². The minimum absolute atomic E-state index is 0.0473. The van der Waals surface area contributed by atoms with Gasteiger partial charge in [0.15, 0.2) is 0 Å². The predicted molar refractivity (Wildman–Crippen MR) is 82.5 cm³/mol. The van der Waals surface area contributed by atoms with E-state index in [-0.39, 0.29) is 11.8 Å². The van der Waals surface area contributed by atoms with Crippen LogP contribution in [0.1, 0.15) is 19.3 Å². The number of primary amides is 1. The number of anilines is 2. The lowest BCUT2D eigenvalue weighted by molar-refractivity contribution is -0.120. The highest BCUT2D eigenvalue weighted by Crippen LogP contribution is 2.20. The third kappa shape index (κ3) is 5.07. The van der Waals surface area contributed by atoms with Crippen molar-refractivity contribution in [3.63, 3.8) is 0 Å². The Bertz CT molecular complexity index is 510. The van der Waals surface area contributed by atoms with Crippen LogP contribution in [0.25, 0.3) is 0 Å². The van der Waals surface area contributed by atoms with Gasteiger partial charge in [0.2, 0.25) is 11.8 Å². The van der Waals surface area contributed by atoms with Gasteiger partial charge >= 0.3 is 0 Å². The third-order valence-corrected chi connectivity index (χ3v) is 3.73. The minimum Gasteiger partial charge on any atom is -0.399 e. The number of piperidine rings is 1. The topological polar surface area (TPSA) is 101 Å². The Balaban J connectivity index is 1.75. The first-order chi connectivity index (χ1) is 10.0. The lowest BCUT2D eigenvalue weighted by atomic mass is 9.93. The Hall–Kier alpha value is -2.08. The minimum atomic E-state index is -0.243. The molecule has 1 aromatic rings. The smallest absolute Gasteiger partial charge is 0.238 e. The predicted octanol–water partition coefficient (Wildman–Crippen LogP) is 0.795. The highest BCUT2D eigenvalue weighted by molar-refractivity contribution is 5.92. The number of benzene rings is 1. The van der Waals surface area contributed by atoms with Crippen molar-refractivity contribution >= 4 is 23.2 Å². The first kappa shape index (κ1) is 15.3. The molecule has 1 heterocycles. The third-order valence-electron chi connectivity index (χ3n) is 3.73. The van der Waals surface area contributed by atoms with Crippen LogP contribution in [-0.2, 0) is 9.59 Å². The largest absolute Gasteiger partial charge is 0.399 e. The molecular weight excluding hydrogens is 268 g/mol. The maximum Gasteiger partial charge on any atom is 0.238 e. The summed E-state index contributed by atoms with van der Waals surface area (Å²) in [6.07, 6.45) is 2.27. The van der Waals surface area contributed by atoms with E-state index in [2.05, 4.69) is 10.2 Å². The summed E-state index contributed by atoms with van der Waals surface area (Å²) in [5, 5.41) is 2.84. The molecule has 1 aliphatic heterocycles. The van der Waals surface area contributed by atoms with E-state index in [9.17, 15) is 9.59 Å². The second kappa shape index (κ2) is 7.08. The average molecular weight is 290 g/mol. The number of hydrogen-bond donors (Lipinski definition) is 3. The number of hydrogen-bond acceptors (Lipinski definition) is 4. The molecule has 2 rings (SSSR count). The number of amides is 2. The molecular formula is C15H22N4O2. The molecule has 0 radical (unpaired) electrons. The van der Waals surface area contributed by atoms with Gasteiger partial charge in [-0.1, -0.05) is 6.07 Å². The highest BCUT2D eigenvalue weighted by atomic mass is 16.2. The first-order valence-electron chi connectivity index (χ1n) is 7.19. The van der Waals surface area contributed by atoms with Gasteiger partial charge in [0.1, 0.15) is 0 Å². The van der Waals surface area contributed by atoms with Crippen molar-refractivity contribution in [2.45, 2.75) is 19.3 Å². The molecule has 5 N–H and O–H groups in total. The quantitative estimate of drug-likeness (QED) is 0.698. The summed E-state index contributed by atoms with van der Waals surface area (Å²) in [5.41, 5.74) is 12.2. The molecule has 0 unspecified atom stereocenters. The summed E-state index contributed by atoms with van der Waals surface area (Å²) in [6, 6.07) is 7.13. The van der Waals surface area contributed by atoms with Gasteiger partial charge in [-0.2, -0.15) is 0 Å². The number of nitrogen functional groups attached to an aromatic ring is 1. The molecule has 21 heavy (non-hydrogen) atoms. The lowest BCUT2D eigenvalue weighted by Gasteiger charge is -2.30. The normalized spacial score (nSPS) is 16.6. The van der Waals surface area contributed by atoms with Crippen molar-refractivity contribution in [1.82, 2.24) is 4.90 Å². The Labute approximate surface area is 124 Å². The number of carbonyl (C=O) groups excluding carboxylic acids is 2. The zero-order valence-corrected chi connectivity index (χ0v) is 12.0. The second-order valence-electron chi connectivity index (χ2n) is 5.56. The van der Waals surface area contributed by atoms with Crippen molar-refractivity contribution in [1.29, 1.82) is 0 Å². The van der Waals surface area contributed by atoms with Gasteiger partial charge in [0.05, 0.1) is 6.54 Å². The summed E-state index contributed by atoms with van der Waals surface area (Å²) in [7, 11) is 0. The summed E-state index contributed by atoms with van der Waals surface area (Å²) in [4.78, 5) is 25.0. The molecule has 0 aliphatic carbocycles. The summed E-state index contributed by atoms with van der Waals surface area (Å²) in [6.45, 7) is 2.00. The van der Waals surface area contributed by atoms with Crippen LogP contribution < -0.4 is 16.8 Å². The molecule has 1 fully saturated rings. The molecule has 1 saturated heterocycles. The summed E-state index contributed by atoms with van der Waals surface area (Å²) in [5.74, 6) is 0.0672. The van der Waals surface area contributed by atoms with E-state index in [0.29, 0.717) is 30.3 Å². The van der Waals surface area contributed by atoms with Crippen LogP contribution in [-0.4, -0.2) is 36.3 Å². The van der Waals surface area contributed by atoms with Crippen LogP contribution in [0.4, 0.5) is 11.4 Å². The summed E-state index contributed by atoms with van der Waals surface area (Å²) >= 11 is 0. The van der Waals surface area contributed by atoms with Crippen molar-refractivity contribution in [2.24, 2.45) is 11.7 Å². The first-order valence-corrected chi connectivity index (χ1v) is 7.19. The standard InChI is InChI=1S/C15H22N4O2/c16-12-2-1-3-13(9-12)18-15(21)10-19-6-4-11(5-7-19)8-14(17)20/h1-3,9,11H,4-8,10,16H2,(H2,17,20)(H,18,21). The van der Waals surface area contributed by atoms with Crippen molar-refractivity contribution in [3.05, 3.63) is 24.3 Å². The molecule has 114 valence electrons.